The highest BCUT2D eigenvalue weighted by molar-refractivity contribution is 7.80. The lowest BCUT2D eigenvalue weighted by molar-refractivity contribution is 0.278. The quantitative estimate of drug-likeness (QED) is 0.810. The van der Waals surface area contributed by atoms with Gasteiger partial charge < -0.3 is 11.1 Å². The Morgan fingerprint density at radius 3 is 2.53 bits per heavy atom. The molecule has 0 unspecified atom stereocenters. The van der Waals surface area contributed by atoms with Crippen LogP contribution < -0.4 is 11.1 Å². The smallest absolute Gasteiger partial charge is 0.125 e. The molecule has 2 rings (SSSR count). The van der Waals surface area contributed by atoms with Crippen LogP contribution in [-0.2, 0) is 0 Å². The van der Waals surface area contributed by atoms with Crippen molar-refractivity contribution in [1.82, 2.24) is 4.98 Å². The molecule has 0 bridgehead atoms. The summed E-state index contributed by atoms with van der Waals surface area (Å²) in [4.78, 5) is 4.74. The number of nitrogens with zero attached hydrogens (tertiary/aromatic N) is 1. The molecule has 0 radical (unpaired) electrons. The van der Waals surface area contributed by atoms with Crippen molar-refractivity contribution in [3.63, 3.8) is 0 Å². The second-order valence-corrected chi connectivity index (χ2v) is 5.91. The van der Waals surface area contributed by atoms with Gasteiger partial charge in [0.25, 0.3) is 0 Å². The largest absolute Gasteiger partial charge is 0.389 e. The first-order valence-corrected chi connectivity index (χ1v) is 7.59. The molecule has 0 spiro atoms. The molecule has 0 aromatic carbocycles. The van der Waals surface area contributed by atoms with Gasteiger partial charge in [0.05, 0.1) is 0 Å². The Kier molecular flexibility index (Phi) is 5.14. The van der Waals surface area contributed by atoms with Crippen molar-refractivity contribution in [2.75, 3.05) is 11.9 Å². The monoisotopic (exact) mass is 277 g/mol. The molecule has 104 valence electrons. The van der Waals surface area contributed by atoms with E-state index in [-0.39, 0.29) is 0 Å². The number of thiocarbonyl (C=S) groups is 1. The van der Waals surface area contributed by atoms with Gasteiger partial charge in [0.15, 0.2) is 0 Å². The lowest BCUT2D eigenvalue weighted by atomic mass is 9.81. The van der Waals surface area contributed by atoms with E-state index >= 15 is 0 Å². The summed E-state index contributed by atoms with van der Waals surface area (Å²) in [6, 6.07) is 3.87. The summed E-state index contributed by atoms with van der Waals surface area (Å²) in [7, 11) is 0. The number of rotatable bonds is 5. The summed E-state index contributed by atoms with van der Waals surface area (Å²) in [6.45, 7) is 3.33. The standard InChI is InChI=1S/C15H23N3S/c1-2-11-3-5-12(6-4-11)9-17-14-8-7-13(10-18-14)15(16)19/h7-8,10-12H,2-6,9H2,1H3,(H2,16,19)(H,17,18). The van der Waals surface area contributed by atoms with Gasteiger partial charge in [0.2, 0.25) is 0 Å². The van der Waals surface area contributed by atoms with Crippen LogP contribution >= 0.6 is 12.2 Å². The van der Waals surface area contributed by atoms with Crippen LogP contribution in [0.3, 0.4) is 0 Å². The molecular weight excluding hydrogens is 254 g/mol. The van der Waals surface area contributed by atoms with Gasteiger partial charge in [0.1, 0.15) is 10.8 Å². The zero-order valence-electron chi connectivity index (χ0n) is 11.6. The molecule has 0 atom stereocenters. The van der Waals surface area contributed by atoms with Gasteiger partial charge in [-0.3, -0.25) is 0 Å². The minimum Gasteiger partial charge on any atom is -0.389 e. The predicted octanol–water partition coefficient (Wildman–Crippen LogP) is 3.34. The minimum atomic E-state index is 0.400. The summed E-state index contributed by atoms with van der Waals surface area (Å²) < 4.78 is 0. The van der Waals surface area contributed by atoms with E-state index in [2.05, 4.69) is 17.2 Å². The Hall–Kier alpha value is -1.16. The van der Waals surface area contributed by atoms with E-state index in [0.717, 1.165) is 29.8 Å². The first-order valence-electron chi connectivity index (χ1n) is 7.18. The van der Waals surface area contributed by atoms with Crippen LogP contribution in [0, 0.1) is 11.8 Å². The van der Waals surface area contributed by atoms with Crippen LogP contribution in [-0.4, -0.2) is 16.5 Å². The first kappa shape index (κ1) is 14.3. The van der Waals surface area contributed by atoms with Gasteiger partial charge in [0, 0.05) is 18.3 Å². The zero-order chi connectivity index (χ0) is 13.7. The Morgan fingerprint density at radius 2 is 2.00 bits per heavy atom. The maximum Gasteiger partial charge on any atom is 0.125 e. The van der Waals surface area contributed by atoms with E-state index in [4.69, 9.17) is 18.0 Å². The van der Waals surface area contributed by atoms with Crippen LogP contribution in [0.25, 0.3) is 0 Å². The average Bonchev–Trinajstić information content (AvgIpc) is 2.46. The lowest BCUT2D eigenvalue weighted by Crippen LogP contribution is -2.21. The molecular formula is C15H23N3S. The maximum atomic E-state index is 5.55. The molecule has 19 heavy (non-hydrogen) atoms. The number of hydrogen-bond donors (Lipinski definition) is 2. The molecule has 1 aromatic rings. The fraction of sp³-hybridized carbons (Fsp3) is 0.600. The second-order valence-electron chi connectivity index (χ2n) is 5.47. The highest BCUT2D eigenvalue weighted by Crippen LogP contribution is 2.30. The van der Waals surface area contributed by atoms with Gasteiger partial charge in [-0.2, -0.15) is 0 Å². The zero-order valence-corrected chi connectivity index (χ0v) is 12.4. The van der Waals surface area contributed by atoms with Gasteiger partial charge in [-0.15, -0.1) is 0 Å². The second kappa shape index (κ2) is 6.85. The SMILES string of the molecule is CCC1CCC(CNc2ccc(C(N)=S)cn2)CC1. The summed E-state index contributed by atoms with van der Waals surface area (Å²) in [5.41, 5.74) is 6.38. The fourth-order valence-corrected chi connectivity index (χ4v) is 2.86. The molecule has 4 heteroatoms. The number of pyridine rings is 1. The number of anilines is 1. The maximum absolute atomic E-state index is 5.55. The lowest BCUT2D eigenvalue weighted by Gasteiger charge is -2.27. The van der Waals surface area contributed by atoms with Crippen molar-refractivity contribution < 1.29 is 0 Å². The Morgan fingerprint density at radius 1 is 1.32 bits per heavy atom. The minimum absolute atomic E-state index is 0.400. The molecule has 3 N–H and O–H groups in total. The van der Waals surface area contributed by atoms with Crippen LogP contribution in [0.4, 0.5) is 5.82 Å². The van der Waals surface area contributed by atoms with Crippen molar-refractivity contribution in [2.45, 2.75) is 39.0 Å². The van der Waals surface area contributed by atoms with Crippen molar-refractivity contribution >= 4 is 23.0 Å². The average molecular weight is 277 g/mol. The van der Waals surface area contributed by atoms with Crippen molar-refractivity contribution in [2.24, 2.45) is 17.6 Å². The highest BCUT2D eigenvalue weighted by atomic mass is 32.1. The van der Waals surface area contributed by atoms with Crippen LogP contribution in [0.2, 0.25) is 0 Å². The Bertz CT molecular complexity index is 408. The summed E-state index contributed by atoms with van der Waals surface area (Å²) in [5.74, 6) is 2.66. The van der Waals surface area contributed by atoms with Gasteiger partial charge in [-0.25, -0.2) is 4.98 Å². The number of nitrogens with one attached hydrogen (secondary N) is 1. The summed E-state index contributed by atoms with van der Waals surface area (Å²) >= 11 is 4.91. The molecule has 1 aliphatic carbocycles. The highest BCUT2D eigenvalue weighted by Gasteiger charge is 2.19. The molecule has 1 fully saturated rings. The van der Waals surface area contributed by atoms with Gasteiger partial charge in [-0.1, -0.05) is 38.4 Å². The fourth-order valence-electron chi connectivity index (χ4n) is 2.74. The van der Waals surface area contributed by atoms with E-state index in [1.807, 2.05) is 12.1 Å². The van der Waals surface area contributed by atoms with Gasteiger partial charge in [-0.05, 0) is 36.8 Å². The van der Waals surface area contributed by atoms with Crippen molar-refractivity contribution in [1.29, 1.82) is 0 Å². The predicted molar refractivity (Wildman–Crippen MR) is 84.4 cm³/mol. The third-order valence-corrected chi connectivity index (χ3v) is 4.40. The molecule has 0 aliphatic heterocycles. The third-order valence-electron chi connectivity index (χ3n) is 4.16. The molecule has 1 saturated carbocycles. The van der Waals surface area contributed by atoms with E-state index in [0.29, 0.717) is 4.99 Å². The molecule has 1 heterocycles. The van der Waals surface area contributed by atoms with Crippen molar-refractivity contribution in [3.8, 4) is 0 Å². The summed E-state index contributed by atoms with van der Waals surface area (Å²) in [5, 5.41) is 3.42. The van der Waals surface area contributed by atoms with E-state index < -0.39 is 0 Å². The topological polar surface area (TPSA) is 50.9 Å². The number of hydrogen-bond acceptors (Lipinski definition) is 3. The van der Waals surface area contributed by atoms with E-state index in [1.54, 1.807) is 6.20 Å². The first-order chi connectivity index (χ1) is 9.19. The van der Waals surface area contributed by atoms with Crippen LogP contribution in [0.5, 0.6) is 0 Å². The summed E-state index contributed by atoms with van der Waals surface area (Å²) in [6.07, 6.45) is 8.53. The van der Waals surface area contributed by atoms with Gasteiger partial charge >= 0.3 is 0 Å². The molecule has 1 aliphatic rings. The van der Waals surface area contributed by atoms with E-state index in [1.165, 1.54) is 32.1 Å². The van der Waals surface area contributed by atoms with E-state index in [9.17, 15) is 0 Å². The normalized spacial score (nSPS) is 23.0. The number of aromatic nitrogens is 1. The third kappa shape index (κ3) is 4.16. The number of nitrogens with two attached hydrogens (primary N) is 1. The van der Waals surface area contributed by atoms with Crippen LogP contribution in [0.15, 0.2) is 18.3 Å². The van der Waals surface area contributed by atoms with Crippen LogP contribution in [0.1, 0.15) is 44.6 Å². The van der Waals surface area contributed by atoms with Crippen molar-refractivity contribution in [3.05, 3.63) is 23.9 Å². The Labute approximate surface area is 121 Å². The molecule has 0 amide bonds. The molecule has 1 aromatic heterocycles. The molecule has 3 nitrogen and oxygen atoms in total. The molecule has 0 saturated heterocycles. The Balaban J connectivity index is 1.78.